The number of nitrogens with zero attached hydrogens (tertiary/aromatic N) is 4. The second kappa shape index (κ2) is 11.0. The first kappa shape index (κ1) is 26.9. The zero-order chi connectivity index (χ0) is 29.5. The van der Waals surface area contributed by atoms with E-state index in [2.05, 4.69) is 71.3 Å². The number of fused-ring (bicyclic) bond motifs is 2. The maximum Gasteiger partial charge on any atom is 0.262 e. The summed E-state index contributed by atoms with van der Waals surface area (Å²) in [7, 11) is 2.11. The highest BCUT2D eigenvalue weighted by Crippen LogP contribution is 2.42. The smallest absolute Gasteiger partial charge is 0.262 e. The Hall–Kier alpha value is -4.93. The van der Waals surface area contributed by atoms with E-state index in [1.54, 1.807) is 11.1 Å². The SMILES string of the molecule is CCN(C)Cc1ccc(-c2cc3c(-c4cccc(N5CCOc6cc(C7CC7)ccc6C5=O)c4)c(C#N)cnc3[nH]2)cc1. The van der Waals surface area contributed by atoms with Gasteiger partial charge in [-0.2, -0.15) is 5.26 Å². The molecule has 0 spiro atoms. The number of nitriles is 1. The minimum atomic E-state index is -0.0788. The molecule has 0 bridgehead atoms. The third-order valence-corrected chi connectivity index (χ3v) is 8.58. The summed E-state index contributed by atoms with van der Waals surface area (Å²) < 4.78 is 6.05. The van der Waals surface area contributed by atoms with Crippen LogP contribution in [-0.2, 0) is 6.54 Å². The standard InChI is InChI=1S/C36H33N5O2/c1-3-40(2)22-23-7-9-25(10-8-23)32-19-31-34(28(20-37)21-38-35(31)39-32)27-5-4-6-29(17-27)41-15-16-43-33-18-26(24-11-12-24)13-14-30(33)36(41)42/h4-10,13-14,17-19,21,24H,3,11-12,15-16,22H2,1-2H3,(H,38,39). The molecular weight excluding hydrogens is 534 g/mol. The predicted molar refractivity (Wildman–Crippen MR) is 169 cm³/mol. The Bertz CT molecular complexity index is 1880. The van der Waals surface area contributed by atoms with Gasteiger partial charge in [-0.25, -0.2) is 4.98 Å². The number of anilines is 1. The van der Waals surface area contributed by atoms with Crippen LogP contribution in [-0.4, -0.2) is 47.5 Å². The number of hydrogen-bond acceptors (Lipinski definition) is 5. The quantitative estimate of drug-likeness (QED) is 0.226. The van der Waals surface area contributed by atoms with Gasteiger partial charge in [-0.1, -0.05) is 49.4 Å². The normalized spacial score (nSPS) is 14.8. The summed E-state index contributed by atoms with van der Waals surface area (Å²) in [6, 6.07) is 26.8. The lowest BCUT2D eigenvalue weighted by Gasteiger charge is -2.21. The highest BCUT2D eigenvalue weighted by Gasteiger charge is 2.29. The molecule has 214 valence electrons. The number of pyridine rings is 1. The third-order valence-electron chi connectivity index (χ3n) is 8.58. The lowest BCUT2D eigenvalue weighted by atomic mass is 9.97. The van der Waals surface area contributed by atoms with Gasteiger partial charge >= 0.3 is 0 Å². The fourth-order valence-corrected chi connectivity index (χ4v) is 5.91. The minimum absolute atomic E-state index is 0.0788. The Balaban J connectivity index is 1.24. The van der Waals surface area contributed by atoms with Crippen LogP contribution in [0.4, 0.5) is 5.69 Å². The fraction of sp³-hybridized carbons (Fsp3) is 0.250. The summed E-state index contributed by atoms with van der Waals surface area (Å²) in [6.45, 7) is 4.89. The van der Waals surface area contributed by atoms with Crippen LogP contribution in [0.3, 0.4) is 0 Å². The van der Waals surface area contributed by atoms with Gasteiger partial charge < -0.3 is 19.5 Å². The second-order valence-corrected chi connectivity index (χ2v) is 11.5. The van der Waals surface area contributed by atoms with Crippen LogP contribution in [0.1, 0.15) is 52.7 Å². The number of aromatic nitrogens is 2. The molecule has 5 aromatic rings. The number of carbonyl (C=O) groups excluding carboxylic acids is 1. The molecule has 3 heterocycles. The summed E-state index contributed by atoms with van der Waals surface area (Å²) >= 11 is 0. The molecule has 2 aromatic heterocycles. The van der Waals surface area contributed by atoms with Crippen molar-refractivity contribution in [2.45, 2.75) is 32.2 Å². The summed E-state index contributed by atoms with van der Waals surface area (Å²) in [5.74, 6) is 1.18. The number of nitrogens with one attached hydrogen (secondary N) is 1. The average molecular weight is 568 g/mol. The van der Waals surface area contributed by atoms with E-state index in [-0.39, 0.29) is 5.91 Å². The molecule has 3 aromatic carbocycles. The summed E-state index contributed by atoms with van der Waals surface area (Å²) in [5.41, 5.74) is 8.69. The molecule has 1 N–H and O–H groups in total. The van der Waals surface area contributed by atoms with E-state index in [0.29, 0.717) is 41.6 Å². The third kappa shape index (κ3) is 5.15. The van der Waals surface area contributed by atoms with Gasteiger partial charge in [-0.15, -0.1) is 0 Å². The van der Waals surface area contributed by atoms with Crippen molar-refractivity contribution in [3.05, 3.63) is 101 Å². The first-order valence-corrected chi connectivity index (χ1v) is 14.9. The van der Waals surface area contributed by atoms with Gasteiger partial charge in [0.15, 0.2) is 0 Å². The maximum absolute atomic E-state index is 13.8. The van der Waals surface area contributed by atoms with Crippen molar-refractivity contribution in [3.8, 4) is 34.2 Å². The van der Waals surface area contributed by atoms with Crippen molar-refractivity contribution in [3.63, 3.8) is 0 Å². The first-order valence-electron chi connectivity index (χ1n) is 14.9. The molecular formula is C36H33N5O2. The molecule has 1 saturated carbocycles. The van der Waals surface area contributed by atoms with Crippen LogP contribution < -0.4 is 9.64 Å². The first-order chi connectivity index (χ1) is 21.0. The molecule has 1 fully saturated rings. The molecule has 2 aliphatic rings. The molecule has 7 nitrogen and oxygen atoms in total. The van der Waals surface area contributed by atoms with Crippen LogP contribution >= 0.6 is 0 Å². The Morgan fingerprint density at radius 3 is 2.67 bits per heavy atom. The van der Waals surface area contributed by atoms with Crippen molar-refractivity contribution in [1.29, 1.82) is 5.26 Å². The molecule has 7 rings (SSSR count). The summed E-state index contributed by atoms with van der Waals surface area (Å²) in [6.07, 6.45) is 4.02. The molecule has 43 heavy (non-hydrogen) atoms. The average Bonchev–Trinajstić information content (AvgIpc) is 3.83. The summed E-state index contributed by atoms with van der Waals surface area (Å²) in [5, 5.41) is 10.9. The Morgan fingerprint density at radius 1 is 1.07 bits per heavy atom. The van der Waals surface area contributed by atoms with E-state index in [1.165, 1.54) is 24.0 Å². The molecule has 1 aliphatic carbocycles. The van der Waals surface area contributed by atoms with Gasteiger partial charge in [-0.05, 0) is 84.9 Å². The van der Waals surface area contributed by atoms with Crippen LogP contribution in [0.2, 0.25) is 0 Å². The van der Waals surface area contributed by atoms with Gasteiger partial charge in [0.05, 0.1) is 17.7 Å². The number of aromatic amines is 1. The molecule has 7 heteroatoms. The van der Waals surface area contributed by atoms with Crippen molar-refractivity contribution < 1.29 is 9.53 Å². The number of ether oxygens (including phenoxy) is 1. The largest absolute Gasteiger partial charge is 0.491 e. The van der Waals surface area contributed by atoms with E-state index in [9.17, 15) is 10.1 Å². The molecule has 0 unspecified atom stereocenters. The zero-order valence-electron chi connectivity index (χ0n) is 24.4. The van der Waals surface area contributed by atoms with E-state index < -0.39 is 0 Å². The van der Waals surface area contributed by atoms with Crippen molar-refractivity contribution in [1.82, 2.24) is 14.9 Å². The lowest BCUT2D eigenvalue weighted by molar-refractivity contribution is 0.0990. The highest BCUT2D eigenvalue weighted by atomic mass is 16.5. The molecule has 0 atom stereocenters. The number of amides is 1. The van der Waals surface area contributed by atoms with Gasteiger partial charge in [-0.3, -0.25) is 4.79 Å². The number of benzene rings is 3. The Morgan fingerprint density at radius 2 is 1.91 bits per heavy atom. The maximum atomic E-state index is 13.8. The zero-order valence-corrected chi connectivity index (χ0v) is 24.4. The van der Waals surface area contributed by atoms with Crippen LogP contribution in [0.5, 0.6) is 5.75 Å². The number of H-pyrrole nitrogens is 1. The minimum Gasteiger partial charge on any atom is -0.491 e. The fourth-order valence-electron chi connectivity index (χ4n) is 5.91. The Labute approximate surface area is 251 Å². The van der Waals surface area contributed by atoms with Gasteiger partial charge in [0.2, 0.25) is 0 Å². The van der Waals surface area contributed by atoms with Crippen molar-refractivity contribution in [2.24, 2.45) is 0 Å². The van der Waals surface area contributed by atoms with Crippen LogP contribution in [0.15, 0.2) is 79.0 Å². The number of hydrogen-bond donors (Lipinski definition) is 1. The van der Waals surface area contributed by atoms with E-state index in [0.717, 1.165) is 46.5 Å². The van der Waals surface area contributed by atoms with Crippen molar-refractivity contribution in [2.75, 3.05) is 31.6 Å². The summed E-state index contributed by atoms with van der Waals surface area (Å²) in [4.78, 5) is 25.8. The van der Waals surface area contributed by atoms with E-state index >= 15 is 0 Å². The molecule has 0 saturated heterocycles. The van der Waals surface area contributed by atoms with Gasteiger partial charge in [0.25, 0.3) is 5.91 Å². The predicted octanol–water partition coefficient (Wildman–Crippen LogP) is 7.14. The monoisotopic (exact) mass is 567 g/mol. The second-order valence-electron chi connectivity index (χ2n) is 11.5. The number of carbonyl (C=O) groups is 1. The van der Waals surface area contributed by atoms with E-state index in [1.807, 2.05) is 36.4 Å². The van der Waals surface area contributed by atoms with Crippen LogP contribution in [0.25, 0.3) is 33.4 Å². The number of rotatable bonds is 7. The lowest BCUT2D eigenvalue weighted by Crippen LogP contribution is -2.32. The molecule has 1 aliphatic heterocycles. The van der Waals surface area contributed by atoms with Crippen LogP contribution in [0, 0.1) is 11.3 Å². The highest BCUT2D eigenvalue weighted by molar-refractivity contribution is 6.09. The van der Waals surface area contributed by atoms with Crippen molar-refractivity contribution >= 4 is 22.6 Å². The van der Waals surface area contributed by atoms with Gasteiger partial charge in [0, 0.05) is 35.1 Å². The molecule has 1 amide bonds. The van der Waals surface area contributed by atoms with Gasteiger partial charge in [0.1, 0.15) is 24.1 Å². The Kier molecular flexibility index (Phi) is 6.92. The topological polar surface area (TPSA) is 85.2 Å². The molecule has 0 radical (unpaired) electrons. The van der Waals surface area contributed by atoms with E-state index in [4.69, 9.17) is 4.74 Å².